The fourth-order valence-corrected chi connectivity index (χ4v) is 4.44. The summed E-state index contributed by atoms with van der Waals surface area (Å²) in [4.78, 5) is 35.6. The number of hydrogen-bond donors (Lipinski definition) is 2. The number of hydrogen-bond acceptors (Lipinski definition) is 5. The number of nitrogens with one attached hydrogen (secondary N) is 1. The van der Waals surface area contributed by atoms with Crippen LogP contribution in [-0.2, 0) is 9.59 Å². The summed E-state index contributed by atoms with van der Waals surface area (Å²) in [5.41, 5.74) is 3.11. The Bertz CT molecular complexity index is 1460. The van der Waals surface area contributed by atoms with Gasteiger partial charge < -0.3 is 14.8 Å². The van der Waals surface area contributed by atoms with Crippen LogP contribution in [0, 0.1) is 6.92 Å². The molecule has 4 aromatic rings. The first-order valence-corrected chi connectivity index (χ1v) is 10.9. The number of amides is 1. The number of aromatic nitrogens is 2. The molecule has 0 aliphatic carbocycles. The van der Waals surface area contributed by atoms with Gasteiger partial charge in [0.2, 0.25) is 5.95 Å². The number of anilines is 1. The summed E-state index contributed by atoms with van der Waals surface area (Å²) in [6, 6.07) is 18.5. The molecule has 0 radical (unpaired) electrons. The average Bonchev–Trinajstić information content (AvgIpc) is 3.37. The lowest BCUT2D eigenvalue weighted by Crippen LogP contribution is -2.30. The quantitative estimate of drug-likeness (QED) is 0.242. The van der Waals surface area contributed by atoms with Crippen LogP contribution in [0.3, 0.4) is 0 Å². The van der Waals surface area contributed by atoms with Gasteiger partial charge in [-0.05, 0) is 42.8 Å². The minimum Gasteiger partial charge on any atom is -0.507 e. The van der Waals surface area contributed by atoms with E-state index in [-0.39, 0.29) is 22.8 Å². The molecule has 7 nitrogen and oxygen atoms in total. The Labute approximate surface area is 200 Å². The first-order valence-electron chi connectivity index (χ1n) is 10.5. The summed E-state index contributed by atoms with van der Waals surface area (Å²) in [6.07, 6.45) is 0. The van der Waals surface area contributed by atoms with E-state index in [2.05, 4.69) is 9.97 Å². The second-order valence-electron chi connectivity index (χ2n) is 8.01. The molecule has 170 valence electrons. The minimum absolute atomic E-state index is 0.0726. The van der Waals surface area contributed by atoms with Crippen LogP contribution in [0.15, 0.2) is 72.3 Å². The third-order valence-electron chi connectivity index (χ3n) is 5.82. The van der Waals surface area contributed by atoms with Crippen molar-refractivity contribution in [3.05, 3.63) is 94.0 Å². The maximum atomic E-state index is 13.3. The number of rotatable bonds is 4. The van der Waals surface area contributed by atoms with Crippen LogP contribution in [0.2, 0.25) is 5.02 Å². The topological polar surface area (TPSA) is 95.5 Å². The fraction of sp³-hybridized carbons (Fsp3) is 0.115. The predicted molar refractivity (Wildman–Crippen MR) is 130 cm³/mol. The van der Waals surface area contributed by atoms with Gasteiger partial charge in [-0.25, -0.2) is 4.98 Å². The Morgan fingerprint density at radius 1 is 1.09 bits per heavy atom. The second kappa shape index (κ2) is 8.35. The van der Waals surface area contributed by atoms with E-state index in [1.807, 2.05) is 55.5 Å². The predicted octanol–water partition coefficient (Wildman–Crippen LogP) is 5.16. The highest BCUT2D eigenvalue weighted by atomic mass is 35.5. The molecule has 1 atom stereocenters. The molecular formula is C26H20ClN3O4. The number of aliphatic hydroxyl groups is 1. The smallest absolute Gasteiger partial charge is 0.302 e. The minimum atomic E-state index is -0.913. The van der Waals surface area contributed by atoms with Gasteiger partial charge in [0.25, 0.3) is 5.78 Å². The molecule has 1 aliphatic rings. The number of ether oxygens (including phenoxy) is 1. The monoisotopic (exact) mass is 473 g/mol. The number of halogens is 1. The number of aliphatic hydroxyl groups excluding tert-OH is 1. The third-order valence-corrected chi connectivity index (χ3v) is 6.06. The van der Waals surface area contributed by atoms with Gasteiger partial charge >= 0.3 is 5.91 Å². The van der Waals surface area contributed by atoms with Gasteiger partial charge in [0.1, 0.15) is 11.5 Å². The Morgan fingerprint density at radius 3 is 2.62 bits per heavy atom. The normalized spacial score (nSPS) is 17.5. The zero-order valence-electron chi connectivity index (χ0n) is 18.4. The van der Waals surface area contributed by atoms with E-state index >= 15 is 0 Å². The number of Topliss-reactive ketones (excluding diaryl/α,β-unsaturated/α-hetero) is 1. The molecule has 1 aliphatic heterocycles. The van der Waals surface area contributed by atoms with Crippen LogP contribution in [0.1, 0.15) is 22.7 Å². The molecule has 1 unspecified atom stereocenters. The molecule has 5 rings (SSSR count). The molecule has 1 aromatic heterocycles. The number of carbonyl (C=O) groups excluding carboxylic acids is 2. The zero-order chi connectivity index (χ0) is 24.0. The highest BCUT2D eigenvalue weighted by Gasteiger charge is 2.48. The maximum absolute atomic E-state index is 13.3. The summed E-state index contributed by atoms with van der Waals surface area (Å²) in [7, 11) is 1.45. The van der Waals surface area contributed by atoms with E-state index in [1.165, 1.54) is 18.1 Å². The average molecular weight is 474 g/mol. The van der Waals surface area contributed by atoms with Crippen molar-refractivity contribution in [1.82, 2.24) is 9.97 Å². The standard InChI is InChI=1S/C26H20ClN3O4/c1-14-6-5-7-15(12-14)22-21(23(31)17-13-16(27)10-11-20(17)34-2)24(32)25(33)30(22)26-28-18-8-3-4-9-19(18)29-26/h3-13,22,31H,1-2H3,(H,28,29)/b23-21+. The third kappa shape index (κ3) is 3.50. The molecule has 2 heterocycles. The number of carbonyl (C=O) groups is 2. The fourth-order valence-electron chi connectivity index (χ4n) is 4.27. The van der Waals surface area contributed by atoms with Crippen molar-refractivity contribution in [3.8, 4) is 5.75 Å². The molecule has 0 spiro atoms. The SMILES string of the molecule is COc1ccc(Cl)cc1/C(O)=C1\C(=O)C(=O)N(c2nc3ccccc3[nH]2)C1c1cccc(C)c1. The molecule has 1 fully saturated rings. The molecule has 1 saturated heterocycles. The van der Waals surface area contributed by atoms with Crippen molar-refractivity contribution >= 4 is 46.0 Å². The van der Waals surface area contributed by atoms with Crippen LogP contribution in [0.25, 0.3) is 16.8 Å². The summed E-state index contributed by atoms with van der Waals surface area (Å²) >= 11 is 6.17. The van der Waals surface area contributed by atoms with E-state index in [0.29, 0.717) is 21.9 Å². The summed E-state index contributed by atoms with van der Waals surface area (Å²) < 4.78 is 5.37. The zero-order valence-corrected chi connectivity index (χ0v) is 19.1. The second-order valence-corrected chi connectivity index (χ2v) is 8.44. The van der Waals surface area contributed by atoms with Crippen LogP contribution in [-0.4, -0.2) is 33.9 Å². The van der Waals surface area contributed by atoms with E-state index in [0.717, 1.165) is 11.1 Å². The Kier molecular flexibility index (Phi) is 5.34. The first-order chi connectivity index (χ1) is 16.4. The highest BCUT2D eigenvalue weighted by molar-refractivity contribution is 6.51. The Balaban J connectivity index is 1.77. The molecule has 8 heteroatoms. The van der Waals surface area contributed by atoms with Crippen LogP contribution < -0.4 is 9.64 Å². The number of nitrogens with zero attached hydrogens (tertiary/aromatic N) is 2. The van der Waals surface area contributed by atoms with Crippen molar-refractivity contribution in [2.75, 3.05) is 12.0 Å². The number of methoxy groups -OCH3 is 1. The van der Waals surface area contributed by atoms with Crippen LogP contribution in [0.5, 0.6) is 5.75 Å². The Hall–Kier alpha value is -4.10. The number of ketones is 1. The number of aryl methyl sites for hydroxylation is 1. The van der Waals surface area contributed by atoms with Gasteiger partial charge in [-0.3, -0.25) is 14.5 Å². The summed E-state index contributed by atoms with van der Waals surface area (Å²) in [5, 5.41) is 11.7. The number of fused-ring (bicyclic) bond motifs is 1. The first kappa shape index (κ1) is 21.7. The number of aromatic amines is 1. The van der Waals surface area contributed by atoms with Crippen molar-refractivity contribution in [1.29, 1.82) is 0 Å². The number of H-pyrrole nitrogens is 1. The number of imidazole rings is 1. The van der Waals surface area contributed by atoms with Gasteiger partial charge in [0.05, 0.1) is 35.3 Å². The Morgan fingerprint density at radius 2 is 1.88 bits per heavy atom. The largest absolute Gasteiger partial charge is 0.507 e. The lowest BCUT2D eigenvalue weighted by atomic mass is 9.94. The van der Waals surface area contributed by atoms with Crippen molar-refractivity contribution < 1.29 is 19.4 Å². The summed E-state index contributed by atoms with van der Waals surface area (Å²) in [6.45, 7) is 1.91. The molecule has 0 saturated carbocycles. The lowest BCUT2D eigenvalue weighted by Gasteiger charge is -2.23. The molecule has 0 bridgehead atoms. The van der Waals surface area contributed by atoms with E-state index in [9.17, 15) is 14.7 Å². The molecule has 34 heavy (non-hydrogen) atoms. The molecular weight excluding hydrogens is 454 g/mol. The van der Waals surface area contributed by atoms with Crippen LogP contribution in [0.4, 0.5) is 5.95 Å². The van der Waals surface area contributed by atoms with Crippen LogP contribution >= 0.6 is 11.6 Å². The van der Waals surface area contributed by atoms with Gasteiger partial charge in [0, 0.05) is 5.02 Å². The van der Waals surface area contributed by atoms with Crippen molar-refractivity contribution in [2.24, 2.45) is 0 Å². The van der Waals surface area contributed by atoms with Gasteiger partial charge in [-0.15, -0.1) is 0 Å². The highest BCUT2D eigenvalue weighted by Crippen LogP contribution is 2.43. The van der Waals surface area contributed by atoms with Gasteiger partial charge in [-0.1, -0.05) is 53.6 Å². The van der Waals surface area contributed by atoms with Gasteiger partial charge in [0.15, 0.2) is 0 Å². The van der Waals surface area contributed by atoms with E-state index in [4.69, 9.17) is 16.3 Å². The van der Waals surface area contributed by atoms with E-state index in [1.54, 1.807) is 12.1 Å². The molecule has 2 N–H and O–H groups in total. The van der Waals surface area contributed by atoms with E-state index < -0.39 is 17.7 Å². The molecule has 3 aromatic carbocycles. The summed E-state index contributed by atoms with van der Waals surface area (Å²) in [5.74, 6) is -1.46. The van der Waals surface area contributed by atoms with Crippen molar-refractivity contribution in [2.45, 2.75) is 13.0 Å². The maximum Gasteiger partial charge on any atom is 0.302 e. The lowest BCUT2D eigenvalue weighted by molar-refractivity contribution is -0.132. The number of para-hydroxylation sites is 2. The molecule has 1 amide bonds. The van der Waals surface area contributed by atoms with Gasteiger partial charge in [-0.2, -0.15) is 0 Å². The number of benzene rings is 3. The van der Waals surface area contributed by atoms with Crippen molar-refractivity contribution in [3.63, 3.8) is 0 Å².